The summed E-state index contributed by atoms with van der Waals surface area (Å²) in [6, 6.07) is 0. The Kier molecular flexibility index (Phi) is 4.78. The van der Waals surface area contributed by atoms with E-state index in [0.29, 0.717) is 6.54 Å². The molecule has 0 aliphatic carbocycles. The predicted molar refractivity (Wildman–Crippen MR) is 68.2 cm³/mol. The smallest absolute Gasteiger partial charge is 0.337 e. The Morgan fingerprint density at radius 2 is 1.95 bits per heavy atom. The Balaban J connectivity index is 0.00000180. The van der Waals surface area contributed by atoms with Crippen LogP contribution in [0.5, 0.6) is 0 Å². The summed E-state index contributed by atoms with van der Waals surface area (Å²) in [5, 5.41) is 3.08. The van der Waals surface area contributed by atoms with Crippen molar-refractivity contribution >= 4 is 18.3 Å². The standard InChI is InChI=1S/C12H19F3N2O.ClH/c1-11(2)9(12(13,14)15)4-6-17(11)10(18)8-3-5-16-7-8;/h8-9,16H,3-7H2,1-2H3;1H. The van der Waals surface area contributed by atoms with E-state index in [4.69, 9.17) is 0 Å². The van der Waals surface area contributed by atoms with E-state index >= 15 is 0 Å². The van der Waals surface area contributed by atoms with Crippen LogP contribution in [0.3, 0.4) is 0 Å². The number of rotatable bonds is 1. The normalized spacial score (nSPS) is 30.3. The fraction of sp³-hybridized carbons (Fsp3) is 0.917. The number of hydrogen-bond donors (Lipinski definition) is 1. The van der Waals surface area contributed by atoms with Crippen LogP contribution in [0.1, 0.15) is 26.7 Å². The SMILES string of the molecule is CC1(C)C(C(F)(F)F)CCN1C(=O)C1CCNC1.Cl. The van der Waals surface area contributed by atoms with Gasteiger partial charge in [0, 0.05) is 18.6 Å². The van der Waals surface area contributed by atoms with Crippen LogP contribution in [0.15, 0.2) is 0 Å². The number of nitrogens with one attached hydrogen (secondary N) is 1. The average molecular weight is 301 g/mol. The molecule has 0 bridgehead atoms. The summed E-state index contributed by atoms with van der Waals surface area (Å²) in [5.74, 6) is -1.70. The molecule has 2 rings (SSSR count). The van der Waals surface area contributed by atoms with Crippen LogP contribution >= 0.6 is 12.4 Å². The molecule has 2 unspecified atom stereocenters. The first kappa shape index (κ1) is 16.6. The molecule has 0 aromatic carbocycles. The molecule has 19 heavy (non-hydrogen) atoms. The topological polar surface area (TPSA) is 32.3 Å². The fourth-order valence-corrected chi connectivity index (χ4v) is 3.13. The Bertz CT molecular complexity index is 340. The second-order valence-corrected chi connectivity index (χ2v) is 5.72. The molecule has 1 N–H and O–H groups in total. The molecule has 1 amide bonds. The molecule has 112 valence electrons. The quantitative estimate of drug-likeness (QED) is 0.805. The minimum Gasteiger partial charge on any atom is -0.337 e. The molecular formula is C12H20ClF3N2O. The summed E-state index contributed by atoms with van der Waals surface area (Å²) in [6.45, 7) is 4.62. The van der Waals surface area contributed by atoms with Gasteiger partial charge in [-0.15, -0.1) is 12.4 Å². The first-order valence-corrected chi connectivity index (χ1v) is 6.33. The van der Waals surface area contributed by atoms with Crippen molar-refractivity contribution in [2.45, 2.75) is 38.4 Å². The molecule has 2 atom stereocenters. The van der Waals surface area contributed by atoms with E-state index in [2.05, 4.69) is 5.32 Å². The second kappa shape index (κ2) is 5.48. The zero-order valence-electron chi connectivity index (χ0n) is 11.1. The van der Waals surface area contributed by atoms with E-state index in [-0.39, 0.29) is 37.2 Å². The van der Waals surface area contributed by atoms with E-state index in [1.807, 2.05) is 0 Å². The van der Waals surface area contributed by atoms with Crippen molar-refractivity contribution in [3.8, 4) is 0 Å². The zero-order chi connectivity index (χ0) is 13.6. The molecule has 7 heteroatoms. The van der Waals surface area contributed by atoms with Crippen molar-refractivity contribution in [1.29, 1.82) is 0 Å². The van der Waals surface area contributed by atoms with Crippen LogP contribution in [-0.4, -0.2) is 42.2 Å². The number of hydrogen-bond acceptors (Lipinski definition) is 2. The Morgan fingerprint density at radius 3 is 2.37 bits per heavy atom. The van der Waals surface area contributed by atoms with Gasteiger partial charge in [0.1, 0.15) is 0 Å². The maximum atomic E-state index is 12.9. The predicted octanol–water partition coefficient (Wildman–Crippen LogP) is 2.21. The van der Waals surface area contributed by atoms with Crippen molar-refractivity contribution < 1.29 is 18.0 Å². The van der Waals surface area contributed by atoms with Gasteiger partial charge >= 0.3 is 6.18 Å². The molecule has 0 radical (unpaired) electrons. The van der Waals surface area contributed by atoms with E-state index < -0.39 is 17.6 Å². The van der Waals surface area contributed by atoms with Gasteiger partial charge in [-0.3, -0.25) is 4.79 Å². The molecule has 2 aliphatic rings. The molecular weight excluding hydrogens is 281 g/mol. The molecule has 2 fully saturated rings. The van der Waals surface area contributed by atoms with Crippen molar-refractivity contribution in [3.05, 3.63) is 0 Å². The minimum absolute atomic E-state index is 0. The first-order valence-electron chi connectivity index (χ1n) is 6.33. The third kappa shape index (κ3) is 2.99. The lowest BCUT2D eigenvalue weighted by Gasteiger charge is -2.38. The molecule has 2 aliphatic heterocycles. The fourth-order valence-electron chi connectivity index (χ4n) is 3.13. The summed E-state index contributed by atoms with van der Waals surface area (Å²) < 4.78 is 38.8. The Morgan fingerprint density at radius 1 is 1.32 bits per heavy atom. The van der Waals surface area contributed by atoms with E-state index in [1.165, 1.54) is 18.7 Å². The maximum absolute atomic E-state index is 12.9. The number of nitrogens with zero attached hydrogens (tertiary/aromatic N) is 1. The molecule has 0 aromatic rings. The number of amides is 1. The van der Waals surface area contributed by atoms with Crippen LogP contribution in [-0.2, 0) is 4.79 Å². The van der Waals surface area contributed by atoms with Crippen molar-refractivity contribution in [1.82, 2.24) is 10.2 Å². The third-order valence-corrected chi connectivity index (χ3v) is 4.26. The molecule has 0 saturated carbocycles. The summed E-state index contributed by atoms with van der Waals surface area (Å²) in [7, 11) is 0. The van der Waals surface area contributed by atoms with Crippen LogP contribution in [0.25, 0.3) is 0 Å². The highest BCUT2D eigenvalue weighted by molar-refractivity contribution is 5.85. The third-order valence-electron chi connectivity index (χ3n) is 4.26. The maximum Gasteiger partial charge on any atom is 0.394 e. The lowest BCUT2D eigenvalue weighted by Crippen LogP contribution is -2.51. The van der Waals surface area contributed by atoms with Gasteiger partial charge in [-0.25, -0.2) is 0 Å². The zero-order valence-corrected chi connectivity index (χ0v) is 11.9. The van der Waals surface area contributed by atoms with Gasteiger partial charge in [-0.1, -0.05) is 0 Å². The minimum atomic E-state index is -4.23. The number of carbonyl (C=O) groups excluding carboxylic acids is 1. The van der Waals surface area contributed by atoms with Crippen LogP contribution < -0.4 is 5.32 Å². The highest BCUT2D eigenvalue weighted by atomic mass is 35.5. The van der Waals surface area contributed by atoms with E-state index in [1.54, 1.807) is 0 Å². The average Bonchev–Trinajstić information content (AvgIpc) is 2.81. The lowest BCUT2D eigenvalue weighted by molar-refractivity contribution is -0.192. The molecule has 0 aromatic heterocycles. The second-order valence-electron chi connectivity index (χ2n) is 5.72. The summed E-state index contributed by atoms with van der Waals surface area (Å²) in [4.78, 5) is 13.7. The van der Waals surface area contributed by atoms with Gasteiger partial charge in [-0.05, 0) is 33.2 Å². The molecule has 2 heterocycles. The monoisotopic (exact) mass is 300 g/mol. The van der Waals surface area contributed by atoms with Crippen molar-refractivity contribution in [3.63, 3.8) is 0 Å². The van der Waals surface area contributed by atoms with Crippen LogP contribution in [0, 0.1) is 11.8 Å². The van der Waals surface area contributed by atoms with Gasteiger partial charge in [0.15, 0.2) is 0 Å². The van der Waals surface area contributed by atoms with Gasteiger partial charge in [-0.2, -0.15) is 13.2 Å². The first-order chi connectivity index (χ1) is 8.24. The molecule has 0 spiro atoms. The number of halogens is 4. The van der Waals surface area contributed by atoms with Crippen LogP contribution in [0.4, 0.5) is 13.2 Å². The Labute approximate surface area is 117 Å². The van der Waals surface area contributed by atoms with Gasteiger partial charge < -0.3 is 10.2 Å². The lowest BCUT2D eigenvalue weighted by atomic mass is 9.87. The molecule has 3 nitrogen and oxygen atoms in total. The largest absolute Gasteiger partial charge is 0.394 e. The van der Waals surface area contributed by atoms with E-state index in [0.717, 1.165) is 13.0 Å². The highest BCUT2D eigenvalue weighted by Crippen LogP contribution is 2.45. The number of alkyl halides is 3. The van der Waals surface area contributed by atoms with Gasteiger partial charge in [0.2, 0.25) is 5.91 Å². The summed E-state index contributed by atoms with van der Waals surface area (Å²) >= 11 is 0. The van der Waals surface area contributed by atoms with Gasteiger partial charge in [0.05, 0.1) is 11.8 Å². The highest BCUT2D eigenvalue weighted by Gasteiger charge is 2.56. The van der Waals surface area contributed by atoms with E-state index in [9.17, 15) is 18.0 Å². The van der Waals surface area contributed by atoms with Crippen LogP contribution in [0.2, 0.25) is 0 Å². The van der Waals surface area contributed by atoms with Crippen molar-refractivity contribution in [2.75, 3.05) is 19.6 Å². The summed E-state index contributed by atoms with van der Waals surface area (Å²) in [5.41, 5.74) is -1.13. The Hall–Kier alpha value is -0.490. The van der Waals surface area contributed by atoms with Gasteiger partial charge in [0.25, 0.3) is 0 Å². The number of carbonyl (C=O) groups is 1. The molecule has 2 saturated heterocycles. The number of likely N-dealkylation sites (tertiary alicyclic amines) is 1. The van der Waals surface area contributed by atoms with Crippen molar-refractivity contribution in [2.24, 2.45) is 11.8 Å². The summed E-state index contributed by atoms with van der Waals surface area (Å²) in [6.07, 6.45) is -3.49.